The highest BCUT2D eigenvalue weighted by Gasteiger charge is 2.56. The van der Waals surface area contributed by atoms with Gasteiger partial charge in [0.25, 0.3) is 0 Å². The van der Waals surface area contributed by atoms with Crippen molar-refractivity contribution in [1.29, 1.82) is 0 Å². The van der Waals surface area contributed by atoms with E-state index in [0.717, 1.165) is 12.8 Å². The smallest absolute Gasteiger partial charge is 0.141 e. The Balaban J connectivity index is 2.28. The first-order valence-electron chi connectivity index (χ1n) is 9.24. The highest BCUT2D eigenvalue weighted by Crippen LogP contribution is 2.46. The maximum absolute atomic E-state index is 13.2. The Morgan fingerprint density at radius 1 is 0.880 bits per heavy atom. The third-order valence-electron chi connectivity index (χ3n) is 5.57. The number of carbonyl (C=O) groups is 1. The largest absolute Gasteiger partial charge is 0.299 e. The molecule has 25 heavy (non-hydrogen) atoms. The molecule has 3 rings (SSSR count). The summed E-state index contributed by atoms with van der Waals surface area (Å²) in [6, 6.07) is 21.6. The van der Waals surface area contributed by atoms with Gasteiger partial charge in [-0.05, 0) is 23.8 Å². The molecule has 130 valence electrons. The molecule has 0 spiro atoms. The minimum Gasteiger partial charge on any atom is -0.299 e. The molecule has 0 aliphatic heterocycles. The molecule has 1 aliphatic rings. The van der Waals surface area contributed by atoms with Gasteiger partial charge >= 0.3 is 0 Å². The molecule has 0 heterocycles. The van der Waals surface area contributed by atoms with Crippen molar-refractivity contribution in [3.63, 3.8) is 0 Å². The number of hydrogen-bond acceptors (Lipinski definition) is 1. The van der Waals surface area contributed by atoms with Crippen LogP contribution in [0.4, 0.5) is 0 Å². The molecule has 0 aromatic heterocycles. The molecule has 1 nitrogen and oxygen atoms in total. The molecule has 2 heteroatoms. The average Bonchev–Trinajstić information content (AvgIpc) is 2.58. The van der Waals surface area contributed by atoms with Gasteiger partial charge in [0, 0.05) is 12.0 Å². The lowest BCUT2D eigenvalue weighted by Gasteiger charge is -2.49. The predicted octanol–water partition coefficient (Wildman–Crippen LogP) is 4.37. The van der Waals surface area contributed by atoms with E-state index < -0.39 is 8.07 Å². The van der Waals surface area contributed by atoms with Gasteiger partial charge in [-0.2, -0.15) is 0 Å². The molecular formula is C23H28OSi. The minimum atomic E-state index is -2.41. The van der Waals surface area contributed by atoms with Crippen LogP contribution in [0.5, 0.6) is 0 Å². The van der Waals surface area contributed by atoms with Crippen LogP contribution in [0.1, 0.15) is 40.5 Å². The standard InChI is InChI=1S/C23H28OSi/c1-18-15-16-22(21(24)17-18)25(23(2,3)4,19-11-7-5-8-12-19)20-13-9-6-10-14-20/h5-14,17-18H,15-16H2,1-4H3. The van der Waals surface area contributed by atoms with E-state index in [2.05, 4.69) is 88.4 Å². The molecule has 0 bridgehead atoms. The van der Waals surface area contributed by atoms with Crippen LogP contribution in [-0.2, 0) is 4.79 Å². The number of Topliss-reactive ketones (excluding diaryl/α,β-unsaturated/α-hetero) is 1. The van der Waals surface area contributed by atoms with Crippen LogP contribution in [0.15, 0.2) is 60.7 Å². The summed E-state index contributed by atoms with van der Waals surface area (Å²) < 4.78 is 0. The number of benzene rings is 2. The third kappa shape index (κ3) is 3.13. The average molecular weight is 349 g/mol. The molecule has 1 saturated carbocycles. The normalized spacial score (nSPS) is 19.8. The van der Waals surface area contributed by atoms with E-state index in [1.165, 1.54) is 15.9 Å². The highest BCUT2D eigenvalue weighted by atomic mass is 28.3. The molecular weight excluding hydrogens is 320 g/mol. The lowest BCUT2D eigenvalue weighted by atomic mass is 9.89. The molecule has 2 aromatic rings. The monoisotopic (exact) mass is 348 g/mol. The summed E-state index contributed by atoms with van der Waals surface area (Å²) in [4.78, 5) is 13.2. The third-order valence-corrected chi connectivity index (χ3v) is 11.6. The van der Waals surface area contributed by atoms with E-state index in [1.54, 1.807) is 0 Å². The molecule has 2 radical (unpaired) electrons. The zero-order valence-corrected chi connectivity index (χ0v) is 16.8. The molecule has 1 atom stereocenters. The second kappa shape index (κ2) is 6.91. The van der Waals surface area contributed by atoms with Crippen LogP contribution in [0.2, 0.25) is 5.04 Å². The summed E-state index contributed by atoms with van der Waals surface area (Å²) in [6.07, 6.45) is 3.95. The molecule has 2 aromatic carbocycles. The van der Waals surface area contributed by atoms with Crippen molar-refractivity contribution in [1.82, 2.24) is 0 Å². The summed E-state index contributed by atoms with van der Waals surface area (Å²) >= 11 is 0. The summed E-state index contributed by atoms with van der Waals surface area (Å²) in [5, 5.41) is 2.70. The Kier molecular flexibility index (Phi) is 5.01. The molecule has 0 saturated heterocycles. The molecule has 1 aliphatic carbocycles. The van der Waals surface area contributed by atoms with Crippen molar-refractivity contribution in [2.45, 2.75) is 45.6 Å². The fourth-order valence-electron chi connectivity index (χ4n) is 4.52. The van der Waals surface area contributed by atoms with Gasteiger partial charge in [-0.1, -0.05) is 98.7 Å². The summed E-state index contributed by atoms with van der Waals surface area (Å²) in [5.41, 5.74) is 1.18. The number of carbonyl (C=O) groups excluding carboxylic acids is 1. The Morgan fingerprint density at radius 3 is 1.76 bits per heavy atom. The summed E-state index contributed by atoms with van der Waals surface area (Å²) in [7, 11) is -2.41. The number of rotatable bonds is 3. The van der Waals surface area contributed by atoms with Gasteiger partial charge in [0.15, 0.2) is 0 Å². The van der Waals surface area contributed by atoms with Crippen LogP contribution in [0.25, 0.3) is 0 Å². The second-order valence-electron chi connectivity index (χ2n) is 8.26. The molecule has 0 N–H and O–H groups in total. The maximum Gasteiger partial charge on any atom is 0.141 e. The van der Waals surface area contributed by atoms with Gasteiger partial charge in [-0.25, -0.2) is 0 Å². The summed E-state index contributed by atoms with van der Waals surface area (Å²) in [5.74, 6) is 0.669. The first-order valence-corrected chi connectivity index (χ1v) is 11.2. The Morgan fingerprint density at radius 2 is 1.36 bits per heavy atom. The molecule has 0 amide bonds. The Labute approximate surface area is 153 Å². The lowest BCUT2D eigenvalue weighted by molar-refractivity contribution is -0.114. The fourth-order valence-corrected chi connectivity index (χ4v) is 10.5. The predicted molar refractivity (Wildman–Crippen MR) is 109 cm³/mol. The van der Waals surface area contributed by atoms with Crippen LogP contribution in [0, 0.1) is 17.9 Å². The lowest BCUT2D eigenvalue weighted by Crippen LogP contribution is -2.70. The second-order valence-corrected chi connectivity index (χ2v) is 13.0. The zero-order chi connectivity index (χ0) is 18.1. The maximum atomic E-state index is 13.2. The van der Waals surface area contributed by atoms with Crippen LogP contribution in [0.3, 0.4) is 0 Å². The summed E-state index contributed by atoms with van der Waals surface area (Å²) in [6.45, 7) is 9.10. The Bertz CT molecular complexity index is 675. The van der Waals surface area contributed by atoms with Crippen molar-refractivity contribution in [3.8, 4) is 0 Å². The van der Waals surface area contributed by atoms with Crippen molar-refractivity contribution >= 4 is 24.2 Å². The van der Waals surface area contributed by atoms with E-state index in [-0.39, 0.29) is 10.8 Å². The van der Waals surface area contributed by atoms with Gasteiger partial charge in [0.05, 0.1) is 0 Å². The minimum absolute atomic E-state index is 0.00905. The van der Waals surface area contributed by atoms with Crippen molar-refractivity contribution in [3.05, 3.63) is 72.6 Å². The van der Waals surface area contributed by atoms with E-state index in [4.69, 9.17) is 0 Å². The van der Waals surface area contributed by atoms with Crippen LogP contribution < -0.4 is 10.4 Å². The van der Waals surface area contributed by atoms with Gasteiger partial charge in [0.2, 0.25) is 0 Å². The highest BCUT2D eigenvalue weighted by molar-refractivity contribution is 7.10. The van der Waals surface area contributed by atoms with Crippen molar-refractivity contribution in [2.24, 2.45) is 5.92 Å². The van der Waals surface area contributed by atoms with Crippen molar-refractivity contribution in [2.75, 3.05) is 0 Å². The van der Waals surface area contributed by atoms with Crippen LogP contribution in [-0.4, -0.2) is 13.9 Å². The number of ketones is 1. The van der Waals surface area contributed by atoms with Gasteiger partial charge in [0.1, 0.15) is 13.9 Å². The van der Waals surface area contributed by atoms with Crippen LogP contribution >= 0.6 is 0 Å². The van der Waals surface area contributed by atoms with Gasteiger partial charge in [-0.15, -0.1) is 0 Å². The number of hydrogen-bond donors (Lipinski definition) is 0. The van der Waals surface area contributed by atoms with E-state index in [0.29, 0.717) is 5.92 Å². The Hall–Kier alpha value is -1.67. The quantitative estimate of drug-likeness (QED) is 0.753. The fraction of sp³-hybridized carbons (Fsp3) is 0.348. The van der Waals surface area contributed by atoms with Gasteiger partial charge < -0.3 is 0 Å². The zero-order valence-electron chi connectivity index (χ0n) is 15.8. The van der Waals surface area contributed by atoms with E-state index in [1.807, 2.05) is 6.42 Å². The molecule has 1 unspecified atom stereocenters. The first kappa shape index (κ1) is 18.1. The van der Waals surface area contributed by atoms with E-state index >= 15 is 0 Å². The SMILES string of the molecule is CC1[CH]C(=O)[C]([Si](c2ccccc2)(c2ccccc2)C(C)(C)C)CC1. The first-order chi connectivity index (χ1) is 11.9. The topological polar surface area (TPSA) is 17.1 Å². The van der Waals surface area contributed by atoms with Crippen molar-refractivity contribution < 1.29 is 4.79 Å². The van der Waals surface area contributed by atoms with E-state index in [9.17, 15) is 4.79 Å². The van der Waals surface area contributed by atoms with Gasteiger partial charge in [-0.3, -0.25) is 4.79 Å². The molecule has 1 fully saturated rings.